The molecule has 2 amide bonds. The minimum atomic E-state index is -1.89. The Bertz CT molecular complexity index is 3320. The Morgan fingerprint density at radius 3 is 1.56 bits per heavy atom. The highest BCUT2D eigenvalue weighted by atomic mass is 16.6. The van der Waals surface area contributed by atoms with Crippen LogP contribution in [-0.4, -0.2) is 105 Å². The number of benzene rings is 4. The van der Waals surface area contributed by atoms with Crippen molar-refractivity contribution in [2.45, 2.75) is 104 Å². The van der Waals surface area contributed by atoms with Crippen LogP contribution in [-0.2, 0) is 32.2 Å². The molecule has 0 radical (unpaired) electrons. The van der Waals surface area contributed by atoms with Crippen molar-refractivity contribution in [3.8, 4) is 22.9 Å². The Balaban J connectivity index is 0.000000184. The number of nitrogens with zero attached hydrogens (tertiary/aromatic N) is 8. The van der Waals surface area contributed by atoms with Crippen molar-refractivity contribution < 1.29 is 57.0 Å². The molecule has 20 nitrogen and oxygen atoms in total. The summed E-state index contributed by atoms with van der Waals surface area (Å²) in [4.78, 5) is 54.1. The van der Waals surface area contributed by atoms with Gasteiger partial charge in [-0.2, -0.15) is 0 Å². The van der Waals surface area contributed by atoms with Crippen molar-refractivity contribution in [1.29, 1.82) is 0 Å². The second-order valence-corrected chi connectivity index (χ2v) is 20.1. The van der Waals surface area contributed by atoms with E-state index in [2.05, 4.69) is 20.4 Å². The highest BCUT2D eigenvalue weighted by Gasteiger charge is 2.37. The molecule has 2 atom stereocenters. The molecule has 0 saturated carbocycles. The maximum atomic E-state index is 12.8. The molecule has 21 heteroatoms. The lowest BCUT2D eigenvalue weighted by molar-refractivity contribution is 0.0534. The number of fused-ring (bicyclic) bond motifs is 2. The average Bonchev–Trinajstić information content (AvgIpc) is 4.25. The molecule has 2 saturated heterocycles. The molecule has 2 N–H and O–H groups in total. The molecular formula is C54H57BN8O12. The predicted molar refractivity (Wildman–Crippen MR) is 274 cm³/mol. The van der Waals surface area contributed by atoms with Gasteiger partial charge in [-0.05, 0) is 127 Å². The largest absolute Gasteiger partial charge is 0.506 e. The summed E-state index contributed by atoms with van der Waals surface area (Å²) >= 11 is 0. The minimum absolute atomic E-state index is 0.0294. The van der Waals surface area contributed by atoms with Gasteiger partial charge in [0.2, 0.25) is 23.6 Å². The number of amides is 2. The summed E-state index contributed by atoms with van der Waals surface area (Å²) in [5.74, 6) is 1.26. The normalized spacial score (nSPS) is 15.7. The monoisotopic (exact) mass is 1020 g/mol. The summed E-state index contributed by atoms with van der Waals surface area (Å²) < 4.78 is 36.5. The number of carbonyl (C=O) groups excluding carboxylic acids is 4. The first kappa shape index (κ1) is 51.6. The van der Waals surface area contributed by atoms with Gasteiger partial charge in [0.15, 0.2) is 0 Å². The molecule has 2 fully saturated rings. The van der Waals surface area contributed by atoms with Crippen LogP contribution in [0.2, 0.25) is 0 Å². The van der Waals surface area contributed by atoms with Gasteiger partial charge in [0.05, 0.1) is 16.6 Å². The Kier molecular flexibility index (Phi) is 14.9. The summed E-state index contributed by atoms with van der Waals surface area (Å²) in [6.45, 7) is 12.1. The lowest BCUT2D eigenvalue weighted by Crippen LogP contribution is -2.40. The second kappa shape index (κ2) is 21.7. The molecular weight excluding hydrogens is 963 g/mol. The zero-order valence-corrected chi connectivity index (χ0v) is 42.4. The molecule has 0 aliphatic carbocycles. The van der Waals surface area contributed by atoms with E-state index in [1.54, 1.807) is 55.0 Å². The zero-order valence-electron chi connectivity index (χ0n) is 42.4. The third-order valence-corrected chi connectivity index (χ3v) is 12.3. The van der Waals surface area contributed by atoms with Crippen LogP contribution in [0.15, 0.2) is 124 Å². The quantitative estimate of drug-likeness (QED) is 0.101. The molecule has 6 heterocycles. The number of carbonyl (C=O) groups is 4. The van der Waals surface area contributed by atoms with Crippen LogP contribution in [0.25, 0.3) is 44.7 Å². The van der Waals surface area contributed by atoms with Crippen LogP contribution in [0, 0.1) is 0 Å². The number of hydrogen-bond donors (Lipinski definition) is 2. The molecule has 4 aromatic carbocycles. The Morgan fingerprint density at radius 2 is 1.07 bits per heavy atom. The Hall–Kier alpha value is -8.30. The minimum Gasteiger partial charge on any atom is -0.445 e. The highest BCUT2D eigenvalue weighted by Crippen LogP contribution is 2.36. The zero-order chi connectivity index (χ0) is 53.0. The van der Waals surface area contributed by atoms with E-state index in [1.807, 2.05) is 106 Å². The Morgan fingerprint density at radius 1 is 0.587 bits per heavy atom. The van der Waals surface area contributed by atoms with Gasteiger partial charge in [-0.3, -0.25) is 18.9 Å². The third-order valence-electron chi connectivity index (χ3n) is 12.3. The van der Waals surface area contributed by atoms with Gasteiger partial charge in [0, 0.05) is 41.2 Å². The lowest BCUT2D eigenvalue weighted by Gasteiger charge is -2.21. The van der Waals surface area contributed by atoms with Gasteiger partial charge in [-0.1, -0.05) is 60.7 Å². The van der Waals surface area contributed by atoms with Gasteiger partial charge < -0.3 is 37.8 Å². The van der Waals surface area contributed by atoms with E-state index >= 15 is 0 Å². The molecule has 0 unspecified atom stereocenters. The van der Waals surface area contributed by atoms with E-state index in [0.29, 0.717) is 53.6 Å². The average molecular weight is 1020 g/mol. The molecule has 8 aromatic rings. The Labute approximate surface area is 431 Å². The molecule has 388 valence electrons. The van der Waals surface area contributed by atoms with Crippen LogP contribution < -0.4 is 5.59 Å². The molecule has 4 aromatic heterocycles. The van der Waals surface area contributed by atoms with Gasteiger partial charge in [0.25, 0.3) is 0 Å². The maximum absolute atomic E-state index is 12.8. The van der Waals surface area contributed by atoms with Crippen LogP contribution in [0.3, 0.4) is 0 Å². The van der Waals surface area contributed by atoms with Gasteiger partial charge in [-0.25, -0.2) is 19.2 Å². The molecule has 0 bridgehead atoms. The van der Waals surface area contributed by atoms with E-state index in [1.165, 1.54) is 10.6 Å². The van der Waals surface area contributed by atoms with Crippen molar-refractivity contribution >= 4 is 58.9 Å². The predicted octanol–water partition coefficient (Wildman–Crippen LogP) is 9.58. The number of rotatable bonds is 9. The van der Waals surface area contributed by atoms with Crippen molar-refractivity contribution in [2.24, 2.45) is 0 Å². The molecule has 75 heavy (non-hydrogen) atoms. The van der Waals surface area contributed by atoms with Crippen molar-refractivity contribution in [2.75, 3.05) is 13.1 Å². The summed E-state index contributed by atoms with van der Waals surface area (Å²) in [7, 11) is -1.89. The van der Waals surface area contributed by atoms with Crippen LogP contribution in [0.5, 0.6) is 0 Å². The van der Waals surface area contributed by atoms with E-state index < -0.39 is 48.7 Å². The van der Waals surface area contributed by atoms with Gasteiger partial charge in [-0.15, -0.1) is 20.4 Å². The topological polar surface area (TPSA) is 240 Å². The van der Waals surface area contributed by atoms with E-state index in [0.717, 1.165) is 51.4 Å². The SMILES string of the molecule is CC(C)(C)OC(=O)n1c(B(O)O)cc2cc(-c3nnc([C@@H]4CCCN4C(=O)OCc4ccccc4)o3)ccc21.CC(C)(C)OC(=O)n1ccc2cc(-c3nnc([C@@H]4CCCN4C(=O)OCc4ccccc4)o3)ccc21. The van der Waals surface area contributed by atoms with Gasteiger partial charge in [0.1, 0.15) is 36.5 Å². The standard InChI is InChI=1S/C27H29BN4O7.C27H28N4O5/c1-27(2,3)39-26(34)32-20-12-11-18(14-19(20)15-22(32)28(35)36)23-29-30-24(38-23)21-10-7-13-31(21)25(33)37-16-17-8-5-4-6-9-17;1-27(2,3)36-26(33)31-15-13-19-16-20(11-12-21(19)31)23-28-29-24(35-23)22-10-7-14-30(22)25(32)34-17-18-8-5-4-6-9-18/h4-6,8-9,11-12,14-15,21,35-36H,7,10,13,16H2,1-3H3;4-6,8-9,11-13,15-16,22H,7,10,14,17H2,1-3H3/t21-;22-/m00/s1. The summed E-state index contributed by atoms with van der Waals surface area (Å²) in [5.41, 5.74) is 2.88. The summed E-state index contributed by atoms with van der Waals surface area (Å²) in [6.07, 6.45) is 2.66. The fourth-order valence-corrected chi connectivity index (χ4v) is 8.88. The first-order chi connectivity index (χ1) is 35.9. The fraction of sp³-hybridized carbons (Fsp3) is 0.333. The van der Waals surface area contributed by atoms with Crippen LogP contribution in [0.1, 0.15) is 102 Å². The molecule has 2 aliphatic heterocycles. The van der Waals surface area contributed by atoms with Crippen molar-refractivity contribution in [3.63, 3.8) is 0 Å². The molecule has 10 rings (SSSR count). The second-order valence-electron chi connectivity index (χ2n) is 20.1. The third kappa shape index (κ3) is 12.1. The number of aromatic nitrogens is 6. The highest BCUT2D eigenvalue weighted by molar-refractivity contribution is 6.59. The lowest BCUT2D eigenvalue weighted by atomic mass is 9.86. The van der Waals surface area contributed by atoms with E-state index in [9.17, 15) is 29.2 Å². The first-order valence-corrected chi connectivity index (χ1v) is 24.6. The van der Waals surface area contributed by atoms with Crippen molar-refractivity contribution in [3.05, 3.63) is 138 Å². The van der Waals surface area contributed by atoms with Crippen molar-refractivity contribution in [1.82, 2.24) is 39.3 Å². The van der Waals surface area contributed by atoms with E-state index in [4.69, 9.17) is 27.8 Å². The smallest absolute Gasteiger partial charge is 0.445 e. The van der Waals surface area contributed by atoms with Crippen LogP contribution >= 0.6 is 0 Å². The fourth-order valence-electron chi connectivity index (χ4n) is 8.88. The maximum Gasteiger partial charge on any atom is 0.506 e. The summed E-state index contributed by atoms with van der Waals surface area (Å²) in [6, 6.07) is 32.2. The first-order valence-electron chi connectivity index (χ1n) is 24.6. The van der Waals surface area contributed by atoms with E-state index in [-0.39, 0.29) is 30.7 Å². The molecule has 0 spiro atoms. The number of ether oxygens (including phenoxy) is 4. The van der Waals surface area contributed by atoms with Gasteiger partial charge >= 0.3 is 31.5 Å². The van der Waals surface area contributed by atoms with Crippen LogP contribution in [0.4, 0.5) is 19.2 Å². The summed E-state index contributed by atoms with van der Waals surface area (Å²) in [5, 5.41) is 38.0. The number of likely N-dealkylation sites (tertiary alicyclic amines) is 2. The molecule has 2 aliphatic rings. The number of hydrogen-bond acceptors (Lipinski definition) is 16.